The van der Waals surface area contributed by atoms with Crippen LogP contribution in [0.25, 0.3) is 0 Å². The Morgan fingerprint density at radius 3 is 2.47 bits per heavy atom. The van der Waals surface area contributed by atoms with Crippen LogP contribution in [0.15, 0.2) is 18.2 Å². The van der Waals surface area contributed by atoms with E-state index in [-0.39, 0.29) is 10.6 Å². The van der Waals surface area contributed by atoms with Crippen molar-refractivity contribution in [3.05, 3.63) is 34.6 Å². The van der Waals surface area contributed by atoms with Crippen LogP contribution < -0.4 is 0 Å². The second kappa shape index (κ2) is 4.37. The molecule has 0 fully saturated rings. The van der Waals surface area contributed by atoms with Crippen LogP contribution in [0.4, 0.5) is 17.6 Å². The number of alkyl halides is 3. The van der Waals surface area contributed by atoms with E-state index >= 15 is 0 Å². The van der Waals surface area contributed by atoms with Gasteiger partial charge in [0.05, 0.1) is 12.5 Å². The average molecular weight is 243 g/mol. The predicted molar refractivity (Wildman–Crippen MR) is 47.0 cm³/mol. The molecule has 0 aromatic heterocycles. The Morgan fingerprint density at radius 1 is 1.33 bits per heavy atom. The van der Waals surface area contributed by atoms with E-state index in [1.54, 1.807) is 0 Å². The van der Waals surface area contributed by atoms with Gasteiger partial charge in [-0.3, -0.25) is 0 Å². The van der Waals surface area contributed by atoms with Crippen molar-refractivity contribution in [2.24, 2.45) is 0 Å². The molecule has 1 atom stereocenters. The van der Waals surface area contributed by atoms with E-state index in [0.717, 1.165) is 18.2 Å². The Morgan fingerprint density at radius 2 is 1.93 bits per heavy atom. The minimum atomic E-state index is -4.52. The molecule has 84 valence electrons. The Hall–Kier alpha value is -0.810. The fourth-order valence-electron chi connectivity index (χ4n) is 1.10. The lowest BCUT2D eigenvalue weighted by atomic mass is 10.1. The molecule has 0 aliphatic heterocycles. The van der Waals surface area contributed by atoms with Crippen molar-refractivity contribution in [3.8, 4) is 0 Å². The summed E-state index contributed by atoms with van der Waals surface area (Å²) in [5.41, 5.74) is -0.256. The van der Waals surface area contributed by atoms with E-state index in [1.807, 2.05) is 0 Å². The number of halogens is 5. The van der Waals surface area contributed by atoms with E-state index in [2.05, 4.69) is 0 Å². The van der Waals surface area contributed by atoms with Crippen molar-refractivity contribution in [3.63, 3.8) is 0 Å². The number of benzene rings is 1. The van der Waals surface area contributed by atoms with Crippen molar-refractivity contribution in [1.82, 2.24) is 0 Å². The first-order valence-corrected chi connectivity index (χ1v) is 4.37. The van der Waals surface area contributed by atoms with Gasteiger partial charge in [-0.15, -0.1) is 0 Å². The van der Waals surface area contributed by atoms with Crippen molar-refractivity contribution in [1.29, 1.82) is 0 Å². The van der Waals surface area contributed by atoms with Crippen LogP contribution in [0.3, 0.4) is 0 Å². The highest BCUT2D eigenvalue weighted by Gasteiger charge is 2.32. The lowest BCUT2D eigenvalue weighted by Crippen LogP contribution is -2.14. The molecule has 0 heterocycles. The molecule has 1 N–H and O–H groups in total. The summed E-state index contributed by atoms with van der Waals surface area (Å²) in [4.78, 5) is 0. The zero-order chi connectivity index (χ0) is 11.6. The molecule has 1 unspecified atom stereocenters. The maximum absolute atomic E-state index is 12.7. The van der Waals surface area contributed by atoms with Gasteiger partial charge in [-0.05, 0) is 18.2 Å². The molecule has 0 saturated carbocycles. The van der Waals surface area contributed by atoms with Gasteiger partial charge < -0.3 is 5.11 Å². The topological polar surface area (TPSA) is 20.2 Å². The molecule has 0 aliphatic rings. The standard InChI is InChI=1S/C9H7ClF4O/c10-7-2-1-5(11)3-6(7)8(15)4-9(12,13)14/h1-3,8,15H,4H2. The highest BCUT2D eigenvalue weighted by atomic mass is 35.5. The molecule has 0 amide bonds. The monoisotopic (exact) mass is 242 g/mol. The lowest BCUT2D eigenvalue weighted by molar-refractivity contribution is -0.154. The summed E-state index contributed by atoms with van der Waals surface area (Å²) in [5, 5.41) is 9.10. The normalized spacial score (nSPS) is 14.0. The third-order valence-corrected chi connectivity index (χ3v) is 2.09. The average Bonchev–Trinajstić information content (AvgIpc) is 2.06. The van der Waals surface area contributed by atoms with Crippen LogP contribution in [0.1, 0.15) is 18.1 Å². The quantitative estimate of drug-likeness (QED) is 0.788. The van der Waals surface area contributed by atoms with E-state index in [9.17, 15) is 22.7 Å². The molecule has 1 nitrogen and oxygen atoms in total. The SMILES string of the molecule is OC(CC(F)(F)F)c1cc(F)ccc1Cl. The largest absolute Gasteiger partial charge is 0.391 e. The third kappa shape index (κ3) is 3.68. The number of hydrogen-bond acceptors (Lipinski definition) is 1. The Bertz CT molecular complexity index is 350. The van der Waals surface area contributed by atoms with Crippen molar-refractivity contribution < 1.29 is 22.7 Å². The smallest absolute Gasteiger partial charge is 0.388 e. The molecule has 1 aromatic carbocycles. The molecule has 6 heteroatoms. The van der Waals surface area contributed by atoms with E-state index in [4.69, 9.17) is 11.6 Å². The van der Waals surface area contributed by atoms with Gasteiger partial charge in [0.25, 0.3) is 0 Å². The van der Waals surface area contributed by atoms with Crippen LogP contribution in [-0.4, -0.2) is 11.3 Å². The van der Waals surface area contributed by atoms with Gasteiger partial charge in [0.1, 0.15) is 5.82 Å². The van der Waals surface area contributed by atoms with Crippen LogP contribution in [-0.2, 0) is 0 Å². The molecule has 15 heavy (non-hydrogen) atoms. The Balaban J connectivity index is 2.90. The number of rotatable bonds is 2. The van der Waals surface area contributed by atoms with Crippen LogP contribution >= 0.6 is 11.6 Å². The molecule has 0 radical (unpaired) electrons. The molecule has 0 spiro atoms. The summed E-state index contributed by atoms with van der Waals surface area (Å²) in [7, 11) is 0. The Kier molecular flexibility index (Phi) is 3.57. The molecular weight excluding hydrogens is 236 g/mol. The summed E-state index contributed by atoms with van der Waals surface area (Å²) < 4.78 is 48.5. The van der Waals surface area contributed by atoms with Gasteiger partial charge in [-0.2, -0.15) is 13.2 Å². The van der Waals surface area contributed by atoms with Crippen molar-refractivity contribution >= 4 is 11.6 Å². The number of hydrogen-bond donors (Lipinski definition) is 1. The first-order valence-electron chi connectivity index (χ1n) is 3.99. The summed E-state index contributed by atoms with van der Waals surface area (Å²) in [6, 6.07) is 2.90. The highest BCUT2D eigenvalue weighted by Crippen LogP contribution is 2.32. The van der Waals surface area contributed by atoms with Gasteiger partial charge in [-0.1, -0.05) is 11.6 Å². The molecule has 1 rings (SSSR count). The maximum atomic E-state index is 12.7. The highest BCUT2D eigenvalue weighted by molar-refractivity contribution is 6.31. The fourth-order valence-corrected chi connectivity index (χ4v) is 1.34. The van der Waals surface area contributed by atoms with Crippen molar-refractivity contribution in [2.45, 2.75) is 18.7 Å². The third-order valence-electron chi connectivity index (χ3n) is 1.74. The fraction of sp³-hybridized carbons (Fsp3) is 0.333. The van der Waals surface area contributed by atoms with Crippen LogP contribution in [0, 0.1) is 5.82 Å². The van der Waals surface area contributed by atoms with Crippen LogP contribution in [0.5, 0.6) is 0 Å². The Labute approximate surface area is 88.3 Å². The maximum Gasteiger partial charge on any atom is 0.391 e. The van der Waals surface area contributed by atoms with E-state index in [0.29, 0.717) is 0 Å². The summed E-state index contributed by atoms with van der Waals surface area (Å²) in [5.74, 6) is -0.740. The number of aliphatic hydroxyl groups excluding tert-OH is 1. The second-order valence-electron chi connectivity index (χ2n) is 3.00. The van der Waals surface area contributed by atoms with Gasteiger partial charge in [0, 0.05) is 10.6 Å². The van der Waals surface area contributed by atoms with E-state index < -0.39 is 24.5 Å². The zero-order valence-electron chi connectivity index (χ0n) is 7.35. The minimum absolute atomic E-state index is 0.0897. The lowest BCUT2D eigenvalue weighted by Gasteiger charge is -2.14. The first kappa shape index (κ1) is 12.3. The molecule has 0 bridgehead atoms. The molecular formula is C9H7ClF4O. The molecule has 0 saturated heterocycles. The summed E-state index contributed by atoms with van der Waals surface area (Å²) in [6.45, 7) is 0. The minimum Gasteiger partial charge on any atom is -0.388 e. The molecule has 0 aliphatic carbocycles. The van der Waals surface area contributed by atoms with Gasteiger partial charge >= 0.3 is 6.18 Å². The summed E-state index contributed by atoms with van der Waals surface area (Å²) >= 11 is 5.53. The molecule has 1 aromatic rings. The van der Waals surface area contributed by atoms with Gasteiger partial charge in [-0.25, -0.2) is 4.39 Å². The number of aliphatic hydroxyl groups is 1. The first-order chi connectivity index (χ1) is 6.79. The van der Waals surface area contributed by atoms with Crippen molar-refractivity contribution in [2.75, 3.05) is 0 Å². The van der Waals surface area contributed by atoms with Gasteiger partial charge in [0.2, 0.25) is 0 Å². The van der Waals surface area contributed by atoms with E-state index in [1.165, 1.54) is 0 Å². The van der Waals surface area contributed by atoms with Crippen LogP contribution in [0.2, 0.25) is 5.02 Å². The zero-order valence-corrected chi connectivity index (χ0v) is 8.11. The second-order valence-corrected chi connectivity index (χ2v) is 3.41. The predicted octanol–water partition coefficient (Wildman–Crippen LogP) is 3.46. The summed E-state index contributed by atoms with van der Waals surface area (Å²) in [6.07, 6.45) is -7.81. The van der Waals surface area contributed by atoms with Gasteiger partial charge in [0.15, 0.2) is 0 Å².